The lowest BCUT2D eigenvalue weighted by Gasteiger charge is -2.24. The second-order valence-corrected chi connectivity index (χ2v) is 6.89. The van der Waals surface area contributed by atoms with Crippen molar-refractivity contribution in [2.24, 2.45) is 0 Å². The highest BCUT2D eigenvalue weighted by molar-refractivity contribution is 7.17. The molecular weight excluding hydrogens is 313 g/mol. The fourth-order valence-electron chi connectivity index (χ4n) is 3.13. The number of aliphatic hydroxyl groups is 1. The lowest BCUT2D eigenvalue weighted by atomic mass is 10.1. The average molecular weight is 333 g/mol. The molecule has 23 heavy (non-hydrogen) atoms. The highest BCUT2D eigenvalue weighted by Crippen LogP contribution is 2.32. The minimum atomic E-state index is -0.268. The van der Waals surface area contributed by atoms with E-state index in [1.165, 1.54) is 17.4 Å². The zero-order valence-corrected chi connectivity index (χ0v) is 13.7. The van der Waals surface area contributed by atoms with Crippen molar-refractivity contribution in [2.45, 2.75) is 31.7 Å². The van der Waals surface area contributed by atoms with Crippen molar-refractivity contribution in [3.05, 3.63) is 47.1 Å². The van der Waals surface area contributed by atoms with Crippen LogP contribution in [-0.4, -0.2) is 35.1 Å². The Morgan fingerprint density at radius 3 is 2.91 bits per heavy atom. The van der Waals surface area contributed by atoms with Gasteiger partial charge in [0.2, 0.25) is 0 Å². The molecule has 0 aliphatic carbocycles. The minimum Gasteiger partial charge on any atom is -0.396 e. The first kappa shape index (κ1) is 16.1. The Bertz CT molecular complexity index is 685. The van der Waals surface area contributed by atoms with Crippen LogP contribution in [0.25, 0.3) is 10.4 Å². The summed E-state index contributed by atoms with van der Waals surface area (Å²) in [6, 6.07) is 10.4. The Morgan fingerprint density at radius 1 is 1.30 bits per heavy atom. The number of carbonyl (C=O) groups is 1. The molecule has 0 spiro atoms. The van der Waals surface area contributed by atoms with E-state index in [2.05, 4.69) is 0 Å². The Kier molecular flexibility index (Phi) is 5.08. The molecule has 1 saturated heterocycles. The predicted molar refractivity (Wildman–Crippen MR) is 90.1 cm³/mol. The highest BCUT2D eigenvalue weighted by atomic mass is 32.1. The molecule has 1 unspecified atom stereocenters. The van der Waals surface area contributed by atoms with Gasteiger partial charge in [0.05, 0.1) is 4.88 Å². The van der Waals surface area contributed by atoms with Gasteiger partial charge in [0.15, 0.2) is 0 Å². The van der Waals surface area contributed by atoms with Crippen molar-refractivity contribution in [1.82, 2.24) is 4.90 Å². The number of amides is 1. The number of hydrogen-bond acceptors (Lipinski definition) is 3. The largest absolute Gasteiger partial charge is 0.396 e. The van der Waals surface area contributed by atoms with Gasteiger partial charge in [-0.25, -0.2) is 4.39 Å². The molecule has 0 saturated carbocycles. The number of likely N-dealkylation sites (tertiary alicyclic amines) is 1. The van der Waals surface area contributed by atoms with Gasteiger partial charge in [-0.3, -0.25) is 4.79 Å². The molecule has 0 radical (unpaired) electrons. The lowest BCUT2D eigenvalue weighted by Crippen LogP contribution is -2.35. The van der Waals surface area contributed by atoms with Crippen LogP contribution in [-0.2, 0) is 0 Å². The molecule has 1 aliphatic heterocycles. The first-order valence-corrected chi connectivity index (χ1v) is 8.79. The molecule has 5 heteroatoms. The van der Waals surface area contributed by atoms with Gasteiger partial charge >= 0.3 is 0 Å². The quantitative estimate of drug-likeness (QED) is 0.900. The van der Waals surface area contributed by atoms with E-state index in [0.29, 0.717) is 10.4 Å². The zero-order valence-electron chi connectivity index (χ0n) is 12.9. The molecule has 1 N–H and O–H groups in total. The Labute approximate surface area is 139 Å². The molecule has 1 aromatic carbocycles. The number of carbonyl (C=O) groups excluding carboxylic acids is 1. The van der Waals surface area contributed by atoms with Crippen molar-refractivity contribution >= 4 is 17.2 Å². The number of benzene rings is 1. The molecule has 0 bridgehead atoms. The molecule has 1 atom stereocenters. The second kappa shape index (κ2) is 7.23. The van der Waals surface area contributed by atoms with Gasteiger partial charge in [0.1, 0.15) is 5.82 Å². The van der Waals surface area contributed by atoms with E-state index in [-0.39, 0.29) is 24.4 Å². The number of hydrogen-bond donors (Lipinski definition) is 1. The summed E-state index contributed by atoms with van der Waals surface area (Å²) in [5, 5.41) is 8.99. The maximum atomic E-state index is 13.9. The summed E-state index contributed by atoms with van der Waals surface area (Å²) in [6.45, 7) is 0.927. The molecular formula is C18H20FNO2S. The monoisotopic (exact) mass is 333 g/mol. The number of nitrogens with zero attached hydrogens (tertiary/aromatic N) is 1. The smallest absolute Gasteiger partial charge is 0.264 e. The molecule has 1 aliphatic rings. The van der Waals surface area contributed by atoms with Gasteiger partial charge in [-0.1, -0.05) is 18.2 Å². The van der Waals surface area contributed by atoms with Crippen molar-refractivity contribution in [2.75, 3.05) is 13.2 Å². The molecule has 2 heterocycles. The van der Waals surface area contributed by atoms with Crippen LogP contribution in [0.2, 0.25) is 0 Å². The minimum absolute atomic E-state index is 0.0260. The molecule has 3 nitrogen and oxygen atoms in total. The van der Waals surface area contributed by atoms with Gasteiger partial charge in [0.25, 0.3) is 5.91 Å². The first-order chi connectivity index (χ1) is 11.2. The van der Waals surface area contributed by atoms with Crippen LogP contribution in [0.1, 0.15) is 35.4 Å². The van der Waals surface area contributed by atoms with Crippen LogP contribution in [0.5, 0.6) is 0 Å². The molecule has 3 rings (SSSR count). The van der Waals surface area contributed by atoms with Gasteiger partial charge in [-0.2, -0.15) is 0 Å². The molecule has 2 aromatic rings. The van der Waals surface area contributed by atoms with Crippen molar-refractivity contribution in [1.29, 1.82) is 0 Å². The van der Waals surface area contributed by atoms with Crippen molar-refractivity contribution < 1.29 is 14.3 Å². The third-order valence-corrected chi connectivity index (χ3v) is 5.40. The summed E-state index contributed by atoms with van der Waals surface area (Å²) in [5.74, 6) is -0.242. The third-order valence-electron chi connectivity index (χ3n) is 4.29. The SMILES string of the molecule is O=C(c1ccc(-c2ccccc2F)s1)N1CCCC1CCCO. The molecule has 1 amide bonds. The van der Waals surface area contributed by atoms with E-state index in [0.717, 1.165) is 37.1 Å². The highest BCUT2D eigenvalue weighted by Gasteiger charge is 2.29. The van der Waals surface area contributed by atoms with Crippen LogP contribution < -0.4 is 0 Å². The Morgan fingerprint density at radius 2 is 2.13 bits per heavy atom. The summed E-state index contributed by atoms with van der Waals surface area (Å²) in [4.78, 5) is 16.1. The molecule has 1 aromatic heterocycles. The van der Waals surface area contributed by atoms with E-state index in [1.807, 2.05) is 11.0 Å². The van der Waals surface area contributed by atoms with Crippen LogP contribution in [0.4, 0.5) is 4.39 Å². The fraction of sp³-hybridized carbons (Fsp3) is 0.389. The number of rotatable bonds is 5. The summed E-state index contributed by atoms with van der Waals surface area (Å²) >= 11 is 1.34. The van der Waals surface area contributed by atoms with E-state index >= 15 is 0 Å². The lowest BCUT2D eigenvalue weighted by molar-refractivity contribution is 0.0729. The van der Waals surface area contributed by atoms with Crippen molar-refractivity contribution in [3.8, 4) is 10.4 Å². The van der Waals surface area contributed by atoms with Gasteiger partial charge in [-0.05, 0) is 43.9 Å². The van der Waals surface area contributed by atoms with Crippen LogP contribution >= 0.6 is 11.3 Å². The maximum absolute atomic E-state index is 13.9. The summed E-state index contributed by atoms with van der Waals surface area (Å²) in [7, 11) is 0. The van der Waals surface area contributed by atoms with Gasteiger partial charge in [-0.15, -0.1) is 11.3 Å². The fourth-order valence-corrected chi connectivity index (χ4v) is 4.12. The zero-order chi connectivity index (χ0) is 16.2. The van der Waals surface area contributed by atoms with Crippen LogP contribution in [0.3, 0.4) is 0 Å². The molecule has 1 fully saturated rings. The summed E-state index contributed by atoms with van der Waals surface area (Å²) in [6.07, 6.45) is 3.57. The normalized spacial score (nSPS) is 17.7. The van der Waals surface area contributed by atoms with E-state index in [1.54, 1.807) is 24.3 Å². The Balaban J connectivity index is 1.77. The number of halogens is 1. The summed E-state index contributed by atoms with van der Waals surface area (Å²) < 4.78 is 13.9. The average Bonchev–Trinajstić information content (AvgIpc) is 3.22. The van der Waals surface area contributed by atoms with E-state index < -0.39 is 0 Å². The number of aliphatic hydroxyl groups excluding tert-OH is 1. The standard InChI is InChI=1S/C18H20FNO2S/c19-15-8-2-1-7-14(15)16-9-10-17(23-16)18(22)20-11-3-5-13(20)6-4-12-21/h1-2,7-10,13,21H,3-6,11-12H2. The molecule has 122 valence electrons. The van der Waals surface area contributed by atoms with Crippen LogP contribution in [0, 0.1) is 5.82 Å². The van der Waals surface area contributed by atoms with Crippen LogP contribution in [0.15, 0.2) is 36.4 Å². The van der Waals surface area contributed by atoms with E-state index in [4.69, 9.17) is 5.11 Å². The van der Waals surface area contributed by atoms with Gasteiger partial charge < -0.3 is 10.0 Å². The topological polar surface area (TPSA) is 40.5 Å². The number of thiophene rings is 1. The predicted octanol–water partition coefficient (Wildman–Crippen LogP) is 3.93. The van der Waals surface area contributed by atoms with Crippen molar-refractivity contribution in [3.63, 3.8) is 0 Å². The second-order valence-electron chi connectivity index (χ2n) is 5.80. The summed E-state index contributed by atoms with van der Waals surface area (Å²) in [5.41, 5.74) is 0.537. The maximum Gasteiger partial charge on any atom is 0.264 e. The third kappa shape index (κ3) is 3.46. The van der Waals surface area contributed by atoms with E-state index in [9.17, 15) is 9.18 Å². The Hall–Kier alpha value is -1.72. The first-order valence-electron chi connectivity index (χ1n) is 7.97. The van der Waals surface area contributed by atoms with Gasteiger partial charge in [0, 0.05) is 29.6 Å².